The van der Waals surface area contributed by atoms with E-state index in [9.17, 15) is 4.79 Å². The molecule has 0 spiro atoms. The summed E-state index contributed by atoms with van der Waals surface area (Å²) in [6, 6.07) is 5.14. The minimum Gasteiger partial charge on any atom is -0.274 e. The topological polar surface area (TPSA) is 42.4 Å². The van der Waals surface area contributed by atoms with Crippen LogP contribution in [0.1, 0.15) is 24.3 Å². The van der Waals surface area contributed by atoms with Crippen molar-refractivity contribution in [1.82, 2.24) is 10.0 Å². The Morgan fingerprint density at radius 1 is 1.43 bits per heavy atom. The van der Waals surface area contributed by atoms with Gasteiger partial charge in [0.15, 0.2) is 0 Å². The molecule has 4 nitrogen and oxygen atoms in total. The van der Waals surface area contributed by atoms with E-state index in [2.05, 4.69) is 4.98 Å². The first-order valence-corrected chi connectivity index (χ1v) is 4.49. The Labute approximate surface area is 84.5 Å². The van der Waals surface area contributed by atoms with E-state index in [1.807, 2.05) is 13.8 Å². The fraction of sp³-hybridized carbons (Fsp3) is 0.400. The summed E-state index contributed by atoms with van der Waals surface area (Å²) in [6.07, 6.45) is 1.57. The summed E-state index contributed by atoms with van der Waals surface area (Å²) < 4.78 is 0. The van der Waals surface area contributed by atoms with Crippen LogP contribution in [0.3, 0.4) is 0 Å². The third kappa shape index (κ3) is 3.53. The lowest BCUT2D eigenvalue weighted by Gasteiger charge is -2.12. The number of carbonyl (C=O) groups is 1. The molecule has 1 amide bonds. The predicted octanol–water partition coefficient (Wildman–Crippen LogP) is 1.74. The first-order chi connectivity index (χ1) is 6.75. The summed E-state index contributed by atoms with van der Waals surface area (Å²) in [4.78, 5) is 19.9. The van der Waals surface area contributed by atoms with E-state index in [0.717, 1.165) is 5.06 Å². The normalized spacial score (nSPS) is 8.57. The maximum absolute atomic E-state index is 11.3. The van der Waals surface area contributed by atoms with Gasteiger partial charge in [-0.05, 0) is 12.1 Å². The molecule has 1 rings (SSSR count). The lowest BCUT2D eigenvalue weighted by Crippen LogP contribution is -2.26. The van der Waals surface area contributed by atoms with Gasteiger partial charge < -0.3 is 0 Å². The van der Waals surface area contributed by atoms with Crippen LogP contribution in [0.2, 0.25) is 0 Å². The highest BCUT2D eigenvalue weighted by Gasteiger charge is 2.10. The van der Waals surface area contributed by atoms with E-state index < -0.39 is 0 Å². The lowest BCUT2D eigenvalue weighted by atomic mass is 10.3. The van der Waals surface area contributed by atoms with Crippen molar-refractivity contribution in [3.8, 4) is 0 Å². The predicted molar refractivity (Wildman–Crippen MR) is 54.7 cm³/mol. The Kier molecular flexibility index (Phi) is 6.32. The number of amides is 1. The molecule has 0 aliphatic rings. The van der Waals surface area contributed by atoms with Gasteiger partial charge in [-0.25, -0.2) is 5.06 Å². The summed E-state index contributed by atoms with van der Waals surface area (Å²) in [6.45, 7) is 4.00. The molecule has 0 atom stereocenters. The molecule has 0 saturated heterocycles. The zero-order valence-corrected chi connectivity index (χ0v) is 9.02. The molecule has 1 heterocycles. The van der Waals surface area contributed by atoms with Crippen molar-refractivity contribution in [2.24, 2.45) is 0 Å². The van der Waals surface area contributed by atoms with Crippen molar-refractivity contribution in [2.45, 2.75) is 13.8 Å². The van der Waals surface area contributed by atoms with Gasteiger partial charge in [-0.1, -0.05) is 19.9 Å². The van der Waals surface area contributed by atoms with Crippen molar-refractivity contribution in [1.29, 1.82) is 0 Å². The van der Waals surface area contributed by atoms with Gasteiger partial charge in [-0.2, -0.15) is 0 Å². The minimum absolute atomic E-state index is 0.252. The van der Waals surface area contributed by atoms with Crippen LogP contribution in [0, 0.1) is 0 Å². The molecule has 1 aromatic rings. The first kappa shape index (κ1) is 12.6. The number of nitrogens with zero attached hydrogens (tertiary/aromatic N) is 2. The minimum atomic E-state index is -0.252. The molecule has 0 unspecified atom stereocenters. The van der Waals surface area contributed by atoms with E-state index in [1.165, 1.54) is 14.2 Å². The number of hydrogen-bond donors (Lipinski definition) is 0. The molecule has 0 fully saturated rings. The Balaban J connectivity index is 0.000000791. The average Bonchev–Trinajstić information content (AvgIpc) is 2.31. The zero-order chi connectivity index (χ0) is 11.0. The summed E-state index contributed by atoms with van der Waals surface area (Å²) >= 11 is 0. The van der Waals surface area contributed by atoms with Crippen LogP contribution in [0.4, 0.5) is 0 Å². The number of carbonyl (C=O) groups excluding carboxylic acids is 1. The molecule has 78 valence electrons. The van der Waals surface area contributed by atoms with Crippen LogP contribution < -0.4 is 0 Å². The summed E-state index contributed by atoms with van der Waals surface area (Å²) in [7, 11) is 2.97. The van der Waals surface area contributed by atoms with E-state index in [0.29, 0.717) is 5.69 Å². The second-order valence-electron chi connectivity index (χ2n) is 2.20. The SMILES string of the molecule is CC.CON(C)C(=O)c1ccccn1. The number of aromatic nitrogens is 1. The van der Waals surface area contributed by atoms with Gasteiger partial charge in [0.05, 0.1) is 7.11 Å². The van der Waals surface area contributed by atoms with Gasteiger partial charge >= 0.3 is 0 Å². The highest BCUT2D eigenvalue weighted by molar-refractivity contribution is 5.91. The average molecular weight is 196 g/mol. The quantitative estimate of drug-likeness (QED) is 0.677. The number of hydrogen-bond acceptors (Lipinski definition) is 3. The molecule has 0 aromatic carbocycles. The van der Waals surface area contributed by atoms with Crippen LogP contribution in [0.5, 0.6) is 0 Å². The Bertz CT molecular complexity index is 262. The van der Waals surface area contributed by atoms with Gasteiger partial charge in [-0.15, -0.1) is 0 Å². The van der Waals surface area contributed by atoms with Gasteiger partial charge in [0.2, 0.25) is 0 Å². The number of hydroxylamine groups is 2. The fourth-order valence-electron chi connectivity index (χ4n) is 0.733. The largest absolute Gasteiger partial charge is 0.295 e. The molecule has 4 heteroatoms. The van der Waals surface area contributed by atoms with Crippen molar-refractivity contribution in [2.75, 3.05) is 14.2 Å². The van der Waals surface area contributed by atoms with Crippen LogP contribution >= 0.6 is 0 Å². The Morgan fingerprint density at radius 3 is 2.50 bits per heavy atom. The van der Waals surface area contributed by atoms with Crippen molar-refractivity contribution >= 4 is 5.91 Å². The number of rotatable bonds is 2. The maximum Gasteiger partial charge on any atom is 0.295 e. The van der Waals surface area contributed by atoms with Crippen LogP contribution in [0.25, 0.3) is 0 Å². The van der Waals surface area contributed by atoms with Gasteiger partial charge in [0.1, 0.15) is 5.69 Å². The molecule has 1 aromatic heterocycles. The molecule has 14 heavy (non-hydrogen) atoms. The van der Waals surface area contributed by atoms with Crippen LogP contribution in [0.15, 0.2) is 24.4 Å². The molecular formula is C10H16N2O2. The molecule has 0 aliphatic heterocycles. The highest BCUT2D eigenvalue weighted by Crippen LogP contribution is 1.98. The summed E-state index contributed by atoms with van der Waals surface area (Å²) in [5.74, 6) is -0.252. The third-order valence-corrected chi connectivity index (χ3v) is 1.44. The standard InChI is InChI=1S/C8H10N2O2.C2H6/c1-10(12-2)8(11)7-5-3-4-6-9-7;1-2/h3-6H,1-2H3;1-2H3. The second kappa shape index (κ2) is 7.03. The van der Waals surface area contributed by atoms with Crippen LogP contribution in [-0.4, -0.2) is 30.1 Å². The maximum atomic E-state index is 11.3. The van der Waals surface area contributed by atoms with Crippen LogP contribution in [-0.2, 0) is 4.84 Å². The molecule has 0 radical (unpaired) electrons. The zero-order valence-electron chi connectivity index (χ0n) is 9.02. The third-order valence-electron chi connectivity index (χ3n) is 1.44. The monoisotopic (exact) mass is 196 g/mol. The van der Waals surface area contributed by atoms with Gasteiger partial charge in [0.25, 0.3) is 5.91 Å². The smallest absolute Gasteiger partial charge is 0.274 e. The van der Waals surface area contributed by atoms with Crippen molar-refractivity contribution in [3.05, 3.63) is 30.1 Å². The van der Waals surface area contributed by atoms with E-state index in [4.69, 9.17) is 4.84 Å². The second-order valence-corrected chi connectivity index (χ2v) is 2.20. The first-order valence-electron chi connectivity index (χ1n) is 4.49. The van der Waals surface area contributed by atoms with E-state index >= 15 is 0 Å². The van der Waals surface area contributed by atoms with Gasteiger partial charge in [0, 0.05) is 13.2 Å². The summed E-state index contributed by atoms with van der Waals surface area (Å²) in [5, 5.41) is 1.13. The Morgan fingerprint density at radius 2 is 2.07 bits per heavy atom. The van der Waals surface area contributed by atoms with Crippen molar-refractivity contribution in [3.63, 3.8) is 0 Å². The summed E-state index contributed by atoms with van der Waals surface area (Å²) in [5.41, 5.74) is 0.377. The molecule has 0 N–H and O–H groups in total. The Hall–Kier alpha value is -1.42. The lowest BCUT2D eigenvalue weighted by molar-refractivity contribution is -0.0760. The molecule has 0 aliphatic carbocycles. The van der Waals surface area contributed by atoms with Crippen molar-refractivity contribution < 1.29 is 9.63 Å². The molecule has 0 bridgehead atoms. The van der Waals surface area contributed by atoms with Gasteiger partial charge in [-0.3, -0.25) is 14.6 Å². The highest BCUT2D eigenvalue weighted by atomic mass is 16.7. The molecule has 0 saturated carbocycles. The number of pyridine rings is 1. The van der Waals surface area contributed by atoms with E-state index in [1.54, 1.807) is 24.4 Å². The van der Waals surface area contributed by atoms with E-state index in [-0.39, 0.29) is 5.91 Å². The fourth-order valence-corrected chi connectivity index (χ4v) is 0.733. The molecular weight excluding hydrogens is 180 g/mol.